The fourth-order valence-corrected chi connectivity index (χ4v) is 8.36. The fraction of sp³-hybridized carbons (Fsp3) is 0. The van der Waals surface area contributed by atoms with Crippen molar-refractivity contribution < 1.29 is 0 Å². The number of para-hydroxylation sites is 3. The van der Waals surface area contributed by atoms with Gasteiger partial charge in [-0.2, -0.15) is 0 Å². The molecule has 0 bridgehead atoms. The van der Waals surface area contributed by atoms with E-state index in [1.807, 2.05) is 0 Å². The molecule has 0 saturated carbocycles. The second-order valence-electron chi connectivity index (χ2n) is 14.5. The number of anilines is 3. The highest BCUT2D eigenvalue weighted by molar-refractivity contribution is 6.11. The first-order valence-corrected chi connectivity index (χ1v) is 19.9. The Morgan fingerprint density at radius 2 is 0.759 bits per heavy atom. The van der Waals surface area contributed by atoms with E-state index in [4.69, 9.17) is 0 Å². The van der Waals surface area contributed by atoms with Gasteiger partial charge in [0.25, 0.3) is 0 Å². The number of fused-ring (bicyclic) bond motifs is 3. The van der Waals surface area contributed by atoms with E-state index in [0.29, 0.717) is 0 Å². The SMILES string of the molecule is c1ccc(C(=C(c2ccccc2)c2cccc(-c3ccc(N(c4ccccc4)c4ccc5c(c4)c4ccccc4n5-c4ccccc4)cc3)c2)c2ccccc2)cc1. The van der Waals surface area contributed by atoms with Gasteiger partial charge in [-0.1, -0.05) is 176 Å². The van der Waals surface area contributed by atoms with E-state index in [-0.39, 0.29) is 0 Å². The van der Waals surface area contributed by atoms with Crippen LogP contribution in [0.25, 0.3) is 49.8 Å². The third kappa shape index (κ3) is 6.57. The highest BCUT2D eigenvalue weighted by atomic mass is 15.1. The van der Waals surface area contributed by atoms with Gasteiger partial charge in [-0.05, 0) is 111 Å². The van der Waals surface area contributed by atoms with E-state index in [0.717, 1.165) is 28.3 Å². The predicted molar refractivity (Wildman–Crippen MR) is 245 cm³/mol. The molecular weight excluding hydrogens is 701 g/mol. The van der Waals surface area contributed by atoms with Crippen molar-refractivity contribution in [1.82, 2.24) is 4.57 Å². The molecule has 0 aliphatic rings. The molecule has 0 radical (unpaired) electrons. The van der Waals surface area contributed by atoms with Crippen LogP contribution in [0.4, 0.5) is 17.1 Å². The third-order valence-corrected chi connectivity index (χ3v) is 11.0. The zero-order valence-electron chi connectivity index (χ0n) is 32.0. The topological polar surface area (TPSA) is 8.17 Å². The lowest BCUT2D eigenvalue weighted by Gasteiger charge is -2.26. The summed E-state index contributed by atoms with van der Waals surface area (Å²) in [4.78, 5) is 2.36. The number of benzene rings is 9. The third-order valence-electron chi connectivity index (χ3n) is 11.0. The normalized spacial score (nSPS) is 11.1. The molecule has 0 unspecified atom stereocenters. The number of hydrogen-bond donors (Lipinski definition) is 0. The Kier molecular flexibility index (Phi) is 9.27. The van der Waals surface area contributed by atoms with E-state index in [2.05, 4.69) is 252 Å². The van der Waals surface area contributed by atoms with Crippen molar-refractivity contribution in [2.45, 2.75) is 0 Å². The van der Waals surface area contributed by atoms with Gasteiger partial charge in [-0.3, -0.25) is 0 Å². The lowest BCUT2D eigenvalue weighted by Crippen LogP contribution is -2.09. The van der Waals surface area contributed by atoms with Crippen molar-refractivity contribution in [1.29, 1.82) is 0 Å². The molecular formula is C56H40N2. The first-order chi connectivity index (χ1) is 28.8. The number of nitrogens with zero attached hydrogens (tertiary/aromatic N) is 2. The lowest BCUT2D eigenvalue weighted by atomic mass is 9.85. The van der Waals surface area contributed by atoms with Crippen molar-refractivity contribution >= 4 is 50.0 Å². The smallest absolute Gasteiger partial charge is 0.0542 e. The predicted octanol–water partition coefficient (Wildman–Crippen LogP) is 14.9. The summed E-state index contributed by atoms with van der Waals surface area (Å²) in [5, 5.41) is 2.46. The Morgan fingerprint density at radius 1 is 0.293 bits per heavy atom. The minimum absolute atomic E-state index is 1.09. The molecule has 0 aliphatic heterocycles. The van der Waals surface area contributed by atoms with Gasteiger partial charge in [0.15, 0.2) is 0 Å². The maximum atomic E-state index is 2.37. The summed E-state index contributed by atoms with van der Waals surface area (Å²) in [6, 6.07) is 87.2. The van der Waals surface area contributed by atoms with Gasteiger partial charge in [0.05, 0.1) is 11.0 Å². The number of rotatable bonds is 9. The maximum Gasteiger partial charge on any atom is 0.0542 e. The standard InChI is InChI=1S/C56H40N2/c1-6-19-42(20-7-1)55(43-21-8-2-9-22-43)56(44-23-10-3-11-24-44)46-26-18-25-45(39-46)41-33-35-49(36-34-41)57(47-27-12-4-13-28-47)50-37-38-54-52(40-50)51-31-16-17-32-53(51)58(54)48-29-14-5-15-30-48/h1-40H. The van der Waals surface area contributed by atoms with Crippen molar-refractivity contribution in [3.05, 3.63) is 265 Å². The fourth-order valence-electron chi connectivity index (χ4n) is 8.36. The molecule has 274 valence electrons. The van der Waals surface area contributed by atoms with Gasteiger partial charge in [-0.15, -0.1) is 0 Å². The average molecular weight is 741 g/mol. The minimum Gasteiger partial charge on any atom is -0.310 e. The summed E-state index contributed by atoms with van der Waals surface area (Å²) >= 11 is 0. The van der Waals surface area contributed by atoms with Crippen LogP contribution in [0.15, 0.2) is 243 Å². The Labute approximate surface area is 339 Å². The Balaban J connectivity index is 1.08. The van der Waals surface area contributed by atoms with Crippen molar-refractivity contribution in [3.8, 4) is 16.8 Å². The van der Waals surface area contributed by atoms with Crippen LogP contribution in [0.2, 0.25) is 0 Å². The second kappa shape index (κ2) is 15.5. The molecule has 0 saturated heterocycles. The molecule has 10 rings (SSSR count). The van der Waals surface area contributed by atoms with Crippen molar-refractivity contribution in [3.63, 3.8) is 0 Å². The van der Waals surface area contributed by atoms with Crippen LogP contribution in [0.1, 0.15) is 22.3 Å². The first kappa shape index (κ1) is 34.8. The molecule has 9 aromatic carbocycles. The van der Waals surface area contributed by atoms with Gasteiger partial charge >= 0.3 is 0 Å². The second-order valence-corrected chi connectivity index (χ2v) is 14.5. The van der Waals surface area contributed by atoms with Gasteiger partial charge in [0, 0.05) is 33.5 Å². The average Bonchev–Trinajstić information content (AvgIpc) is 3.64. The van der Waals surface area contributed by atoms with E-state index >= 15 is 0 Å². The van der Waals surface area contributed by atoms with Crippen LogP contribution in [0, 0.1) is 0 Å². The highest BCUT2D eigenvalue weighted by Gasteiger charge is 2.19. The van der Waals surface area contributed by atoms with Gasteiger partial charge in [0.1, 0.15) is 0 Å². The monoisotopic (exact) mass is 740 g/mol. The summed E-state index contributed by atoms with van der Waals surface area (Å²) in [5.74, 6) is 0. The molecule has 2 nitrogen and oxygen atoms in total. The first-order valence-electron chi connectivity index (χ1n) is 19.9. The number of hydrogen-bond acceptors (Lipinski definition) is 1. The quantitative estimate of drug-likeness (QED) is 0.134. The summed E-state index contributed by atoms with van der Waals surface area (Å²) in [6.07, 6.45) is 0. The van der Waals surface area contributed by atoms with E-state index in [1.54, 1.807) is 0 Å². The number of aromatic nitrogens is 1. The van der Waals surface area contributed by atoms with E-state index in [9.17, 15) is 0 Å². The van der Waals surface area contributed by atoms with Crippen LogP contribution in [-0.4, -0.2) is 4.57 Å². The molecule has 2 heteroatoms. The Hall–Kier alpha value is -7.68. The van der Waals surface area contributed by atoms with Gasteiger partial charge < -0.3 is 9.47 Å². The molecule has 0 spiro atoms. The minimum atomic E-state index is 1.09. The summed E-state index contributed by atoms with van der Waals surface area (Å²) in [5.41, 5.74) is 16.3. The highest BCUT2D eigenvalue weighted by Crippen LogP contribution is 2.41. The summed E-state index contributed by atoms with van der Waals surface area (Å²) in [6.45, 7) is 0. The Bertz CT molecular complexity index is 2960. The van der Waals surface area contributed by atoms with Gasteiger partial charge in [-0.25, -0.2) is 0 Å². The molecule has 0 fully saturated rings. The largest absolute Gasteiger partial charge is 0.310 e. The molecule has 1 aromatic heterocycles. The molecule has 0 N–H and O–H groups in total. The molecule has 0 atom stereocenters. The Morgan fingerprint density at radius 3 is 1.38 bits per heavy atom. The van der Waals surface area contributed by atoms with Crippen LogP contribution in [-0.2, 0) is 0 Å². The van der Waals surface area contributed by atoms with E-state index in [1.165, 1.54) is 60.8 Å². The molecule has 0 aliphatic carbocycles. The van der Waals surface area contributed by atoms with Crippen LogP contribution in [0.5, 0.6) is 0 Å². The summed E-state index contributed by atoms with van der Waals surface area (Å²) < 4.78 is 2.37. The zero-order chi connectivity index (χ0) is 38.7. The van der Waals surface area contributed by atoms with Crippen LogP contribution >= 0.6 is 0 Å². The molecule has 0 amide bonds. The molecule has 58 heavy (non-hydrogen) atoms. The van der Waals surface area contributed by atoms with E-state index < -0.39 is 0 Å². The van der Waals surface area contributed by atoms with Crippen molar-refractivity contribution in [2.75, 3.05) is 4.90 Å². The van der Waals surface area contributed by atoms with Gasteiger partial charge in [0.2, 0.25) is 0 Å². The molecule has 10 aromatic rings. The van der Waals surface area contributed by atoms with Crippen molar-refractivity contribution in [2.24, 2.45) is 0 Å². The van der Waals surface area contributed by atoms with Crippen LogP contribution < -0.4 is 4.90 Å². The zero-order valence-corrected chi connectivity index (χ0v) is 32.0. The van der Waals surface area contributed by atoms with Crippen LogP contribution in [0.3, 0.4) is 0 Å². The lowest BCUT2D eigenvalue weighted by molar-refractivity contribution is 1.18. The maximum absolute atomic E-state index is 2.37. The summed E-state index contributed by atoms with van der Waals surface area (Å²) in [7, 11) is 0. The molecule has 1 heterocycles.